The number of aliphatic hydroxyl groups excluding tert-OH is 1. The smallest absolute Gasteiger partial charge is 0.307 e. The Kier molecular flexibility index (Phi) is 4.59. The van der Waals surface area contributed by atoms with Crippen molar-refractivity contribution in [3.05, 3.63) is 42.1 Å². The van der Waals surface area contributed by atoms with Crippen molar-refractivity contribution in [3.63, 3.8) is 0 Å². The number of aromatic nitrogens is 1. The Balaban J connectivity index is 2.17. The molecule has 0 unspecified atom stereocenters. The summed E-state index contributed by atoms with van der Waals surface area (Å²) in [7, 11) is 0. The van der Waals surface area contributed by atoms with Crippen molar-refractivity contribution in [1.82, 2.24) is 4.57 Å². The Morgan fingerprint density at radius 3 is 2.74 bits per heavy atom. The van der Waals surface area contributed by atoms with E-state index in [4.69, 9.17) is 5.11 Å². The summed E-state index contributed by atoms with van der Waals surface area (Å²) in [4.78, 5) is 15.1. The summed E-state index contributed by atoms with van der Waals surface area (Å²) in [6, 6.07) is 3.97. The number of hydrogen-bond donors (Lipinski definition) is 1. The molecule has 2 aromatic heterocycles. The van der Waals surface area contributed by atoms with Crippen LogP contribution < -0.4 is 4.87 Å². The normalized spacial score (nSPS) is 10.3. The van der Waals surface area contributed by atoms with Crippen molar-refractivity contribution < 1.29 is 5.11 Å². The number of nitrogens with zero attached hydrogens (tertiary/aromatic N) is 1. The summed E-state index contributed by atoms with van der Waals surface area (Å²) in [5, 5.41) is 8.67. The van der Waals surface area contributed by atoms with Crippen molar-refractivity contribution in [1.29, 1.82) is 0 Å². The van der Waals surface area contributed by atoms with Crippen LogP contribution in [-0.2, 0) is 6.54 Å². The van der Waals surface area contributed by atoms with Crippen LogP contribution in [0.1, 0.15) is 26.7 Å². The molecule has 100 valence electrons. The van der Waals surface area contributed by atoms with Gasteiger partial charge in [0.15, 0.2) is 0 Å². The predicted molar refractivity (Wildman–Crippen MR) is 80.1 cm³/mol. The van der Waals surface area contributed by atoms with Gasteiger partial charge in [0.25, 0.3) is 0 Å². The lowest BCUT2D eigenvalue weighted by Crippen LogP contribution is -2.14. The quantitative estimate of drug-likeness (QED) is 0.883. The summed E-state index contributed by atoms with van der Waals surface area (Å²) in [6.45, 7) is 4.65. The molecule has 19 heavy (non-hydrogen) atoms. The van der Waals surface area contributed by atoms with Gasteiger partial charge in [-0.3, -0.25) is 9.36 Å². The monoisotopic (exact) mass is 293 g/mol. The number of thiazole rings is 1. The van der Waals surface area contributed by atoms with Crippen LogP contribution >= 0.6 is 22.7 Å². The van der Waals surface area contributed by atoms with E-state index in [1.165, 1.54) is 11.3 Å². The van der Waals surface area contributed by atoms with Gasteiger partial charge >= 0.3 is 4.87 Å². The zero-order chi connectivity index (χ0) is 13.8. The highest BCUT2D eigenvalue weighted by molar-refractivity contribution is 7.12. The minimum atomic E-state index is 0.0913. The van der Waals surface area contributed by atoms with Gasteiger partial charge in [-0.05, 0) is 26.0 Å². The Hall–Kier alpha value is -1.35. The molecule has 3 nitrogen and oxygen atoms in total. The Bertz CT molecular complexity index is 682. The Morgan fingerprint density at radius 2 is 2.11 bits per heavy atom. The molecule has 2 heterocycles. The van der Waals surface area contributed by atoms with E-state index in [2.05, 4.69) is 11.8 Å². The van der Waals surface area contributed by atoms with Crippen LogP contribution in [0.15, 0.2) is 16.9 Å². The van der Waals surface area contributed by atoms with Gasteiger partial charge in [-0.2, -0.15) is 0 Å². The number of rotatable bonds is 3. The molecule has 2 rings (SSSR count). The van der Waals surface area contributed by atoms with E-state index in [-0.39, 0.29) is 11.5 Å². The SMILES string of the molecule is Cc1sc(=O)n(Cc2ccc(C#CCCO)s2)c1C. The van der Waals surface area contributed by atoms with E-state index in [9.17, 15) is 4.79 Å². The van der Waals surface area contributed by atoms with Gasteiger partial charge in [0.2, 0.25) is 0 Å². The molecular formula is C14H15NO2S2. The topological polar surface area (TPSA) is 42.2 Å². The molecule has 5 heteroatoms. The van der Waals surface area contributed by atoms with Crippen LogP contribution in [-0.4, -0.2) is 16.3 Å². The van der Waals surface area contributed by atoms with Gasteiger partial charge in [-0.15, -0.1) is 11.3 Å². The molecular weight excluding hydrogens is 278 g/mol. The van der Waals surface area contributed by atoms with Crippen LogP contribution in [0.5, 0.6) is 0 Å². The fraction of sp³-hybridized carbons (Fsp3) is 0.357. The molecule has 0 saturated heterocycles. The zero-order valence-electron chi connectivity index (χ0n) is 10.9. The van der Waals surface area contributed by atoms with Gasteiger partial charge in [-0.25, -0.2) is 0 Å². The first kappa shape index (κ1) is 14.1. The average molecular weight is 293 g/mol. The highest BCUT2D eigenvalue weighted by Crippen LogP contribution is 2.18. The summed E-state index contributed by atoms with van der Waals surface area (Å²) < 4.78 is 1.80. The molecule has 0 atom stereocenters. The Labute approximate surface area is 120 Å². The first-order valence-electron chi connectivity index (χ1n) is 5.97. The molecule has 0 bridgehead atoms. The lowest BCUT2D eigenvalue weighted by atomic mass is 10.3. The molecule has 0 aliphatic carbocycles. The Morgan fingerprint density at radius 1 is 1.32 bits per heavy atom. The van der Waals surface area contributed by atoms with E-state index >= 15 is 0 Å². The highest BCUT2D eigenvalue weighted by Gasteiger charge is 2.08. The average Bonchev–Trinajstić information content (AvgIpc) is 2.91. The fourth-order valence-corrected chi connectivity index (χ4v) is 3.36. The first-order chi connectivity index (χ1) is 9.11. The zero-order valence-corrected chi connectivity index (χ0v) is 12.5. The minimum absolute atomic E-state index is 0.0913. The van der Waals surface area contributed by atoms with Crippen molar-refractivity contribution >= 4 is 22.7 Å². The van der Waals surface area contributed by atoms with Crippen LogP contribution in [0.25, 0.3) is 0 Å². The van der Waals surface area contributed by atoms with E-state index in [1.807, 2.05) is 26.0 Å². The molecule has 0 spiro atoms. The predicted octanol–water partition coefficient (Wildman–Crippen LogP) is 2.37. The van der Waals surface area contributed by atoms with Crippen LogP contribution in [0.2, 0.25) is 0 Å². The molecule has 0 fully saturated rings. The molecule has 0 aromatic carbocycles. The third-order valence-electron chi connectivity index (χ3n) is 2.80. The molecule has 0 radical (unpaired) electrons. The molecule has 1 N–H and O–H groups in total. The summed E-state index contributed by atoms with van der Waals surface area (Å²) >= 11 is 2.89. The summed E-state index contributed by atoms with van der Waals surface area (Å²) in [5.41, 5.74) is 1.04. The molecule has 0 saturated carbocycles. The lowest BCUT2D eigenvalue weighted by Gasteiger charge is -2.01. The molecule has 0 amide bonds. The highest BCUT2D eigenvalue weighted by atomic mass is 32.1. The second kappa shape index (κ2) is 6.20. The maximum absolute atomic E-state index is 11.8. The van der Waals surface area contributed by atoms with Gasteiger partial charge in [0.05, 0.1) is 18.0 Å². The second-order valence-electron chi connectivity index (χ2n) is 4.14. The van der Waals surface area contributed by atoms with Gasteiger partial charge in [0, 0.05) is 21.9 Å². The minimum Gasteiger partial charge on any atom is -0.395 e. The van der Waals surface area contributed by atoms with Crippen molar-refractivity contribution in [2.24, 2.45) is 0 Å². The molecule has 2 aromatic rings. The largest absolute Gasteiger partial charge is 0.395 e. The van der Waals surface area contributed by atoms with Crippen molar-refractivity contribution in [2.45, 2.75) is 26.8 Å². The number of aliphatic hydroxyl groups is 1. The van der Waals surface area contributed by atoms with Crippen LogP contribution in [0.3, 0.4) is 0 Å². The molecule has 0 aliphatic rings. The van der Waals surface area contributed by atoms with E-state index in [1.54, 1.807) is 15.9 Å². The van der Waals surface area contributed by atoms with Crippen LogP contribution in [0, 0.1) is 25.7 Å². The van der Waals surface area contributed by atoms with Crippen LogP contribution in [0.4, 0.5) is 0 Å². The summed E-state index contributed by atoms with van der Waals surface area (Å²) in [6.07, 6.45) is 0.496. The number of hydrogen-bond acceptors (Lipinski definition) is 4. The van der Waals surface area contributed by atoms with E-state index in [0.717, 1.165) is 20.3 Å². The second-order valence-corrected chi connectivity index (χ2v) is 6.47. The maximum atomic E-state index is 11.8. The van der Waals surface area contributed by atoms with Crippen molar-refractivity contribution in [2.75, 3.05) is 6.61 Å². The van der Waals surface area contributed by atoms with Gasteiger partial charge in [0.1, 0.15) is 0 Å². The first-order valence-corrected chi connectivity index (χ1v) is 7.60. The molecule has 0 aliphatic heterocycles. The van der Waals surface area contributed by atoms with Crippen molar-refractivity contribution in [3.8, 4) is 11.8 Å². The van der Waals surface area contributed by atoms with E-state index in [0.29, 0.717) is 13.0 Å². The van der Waals surface area contributed by atoms with Gasteiger partial charge < -0.3 is 5.11 Å². The third-order valence-corrected chi connectivity index (χ3v) is 4.78. The number of aryl methyl sites for hydroxylation is 1. The maximum Gasteiger partial charge on any atom is 0.307 e. The summed E-state index contributed by atoms with van der Waals surface area (Å²) in [5.74, 6) is 5.91. The standard InChI is InChI=1S/C14H15NO2S2/c1-10-11(2)18-14(17)15(10)9-13-7-6-12(19-13)5-3-4-8-16/h6-7,16H,4,8-9H2,1-2H3. The number of thiophene rings is 1. The van der Waals surface area contributed by atoms with Gasteiger partial charge in [-0.1, -0.05) is 23.2 Å². The lowest BCUT2D eigenvalue weighted by molar-refractivity contribution is 0.305. The third kappa shape index (κ3) is 3.35. The van der Waals surface area contributed by atoms with E-state index < -0.39 is 0 Å². The fourth-order valence-electron chi connectivity index (χ4n) is 1.66.